The van der Waals surface area contributed by atoms with Crippen LogP contribution >= 0.6 is 0 Å². The van der Waals surface area contributed by atoms with Crippen molar-refractivity contribution in [3.8, 4) is 0 Å². The van der Waals surface area contributed by atoms with Gasteiger partial charge in [0.1, 0.15) is 0 Å². The summed E-state index contributed by atoms with van der Waals surface area (Å²) in [5.41, 5.74) is 2.78. The molecule has 0 saturated heterocycles. The topological polar surface area (TPSA) is 76.0 Å². The van der Waals surface area contributed by atoms with Gasteiger partial charge in [0, 0.05) is 6.21 Å². The van der Waals surface area contributed by atoms with Gasteiger partial charge in [0.05, 0.1) is 11.6 Å². The lowest BCUT2D eigenvalue weighted by Crippen LogP contribution is -2.24. The Kier molecular flexibility index (Phi) is 10.2. The molecule has 0 amide bonds. The molecule has 1 aromatic carbocycles. The van der Waals surface area contributed by atoms with Crippen molar-refractivity contribution in [3.63, 3.8) is 0 Å². The Morgan fingerprint density at radius 2 is 1.78 bits per heavy atom. The van der Waals surface area contributed by atoms with Crippen LogP contribution in [0.3, 0.4) is 0 Å². The first-order valence-electron chi connectivity index (χ1n) is 9.92. The Morgan fingerprint density at radius 3 is 2.44 bits per heavy atom. The van der Waals surface area contributed by atoms with E-state index < -0.39 is 16.5 Å². The van der Waals surface area contributed by atoms with Crippen LogP contribution in [0.4, 0.5) is 0 Å². The molecule has 0 fully saturated rings. The molecule has 0 aromatic heterocycles. The highest BCUT2D eigenvalue weighted by molar-refractivity contribution is 7.80. The average molecular weight is 398 g/mol. The highest BCUT2D eigenvalue weighted by Crippen LogP contribution is 2.23. The van der Waals surface area contributed by atoms with Gasteiger partial charge in [-0.25, -0.2) is 4.18 Å². The van der Waals surface area contributed by atoms with E-state index in [1.54, 1.807) is 6.92 Å². The molecule has 1 atom stereocenters. The van der Waals surface area contributed by atoms with Crippen LogP contribution in [0.2, 0.25) is 0 Å². The van der Waals surface area contributed by atoms with Gasteiger partial charge in [-0.3, -0.25) is 9.55 Å². The summed E-state index contributed by atoms with van der Waals surface area (Å²) in [5.74, 6) is 0. The SMILES string of the molecule is CC1(C)Cc2ccccc2C=N1.CCCCCCCCC(C)OS(=O)(=O)O. The van der Waals surface area contributed by atoms with Crippen LogP contribution in [0.25, 0.3) is 0 Å². The second kappa shape index (κ2) is 11.6. The van der Waals surface area contributed by atoms with Crippen LogP contribution in [0.5, 0.6) is 0 Å². The van der Waals surface area contributed by atoms with E-state index in [4.69, 9.17) is 4.55 Å². The third kappa shape index (κ3) is 11.3. The molecule has 0 bridgehead atoms. The number of hydrogen-bond donors (Lipinski definition) is 1. The third-order valence-corrected chi connectivity index (χ3v) is 5.05. The zero-order valence-corrected chi connectivity index (χ0v) is 18.0. The maximum atomic E-state index is 10.3. The number of aliphatic imine (C=N–C) groups is 1. The van der Waals surface area contributed by atoms with E-state index in [0.717, 1.165) is 19.3 Å². The fourth-order valence-corrected chi connectivity index (χ4v) is 3.56. The van der Waals surface area contributed by atoms with Crippen LogP contribution in [0, 0.1) is 0 Å². The Balaban J connectivity index is 0.000000274. The largest absolute Gasteiger partial charge is 0.397 e. The predicted octanol–water partition coefficient (Wildman–Crippen LogP) is 5.39. The van der Waals surface area contributed by atoms with Crippen molar-refractivity contribution in [2.45, 2.75) is 90.7 Å². The molecule has 2 rings (SSSR count). The van der Waals surface area contributed by atoms with E-state index in [9.17, 15) is 8.42 Å². The first-order valence-corrected chi connectivity index (χ1v) is 11.3. The van der Waals surface area contributed by atoms with Crippen molar-refractivity contribution in [3.05, 3.63) is 35.4 Å². The van der Waals surface area contributed by atoms with Crippen molar-refractivity contribution in [1.29, 1.82) is 0 Å². The average Bonchev–Trinajstić information content (AvgIpc) is 2.56. The minimum absolute atomic E-state index is 0.0916. The maximum absolute atomic E-state index is 10.3. The number of nitrogens with zero attached hydrogens (tertiary/aromatic N) is 1. The number of rotatable bonds is 9. The lowest BCUT2D eigenvalue weighted by molar-refractivity contribution is 0.185. The second-order valence-corrected chi connectivity index (χ2v) is 8.89. The molecule has 1 heterocycles. The highest BCUT2D eigenvalue weighted by atomic mass is 32.3. The second-order valence-electron chi connectivity index (χ2n) is 7.84. The van der Waals surface area contributed by atoms with Crippen LogP contribution < -0.4 is 0 Å². The molecule has 0 aliphatic carbocycles. The lowest BCUT2D eigenvalue weighted by Gasteiger charge is -2.24. The highest BCUT2D eigenvalue weighted by Gasteiger charge is 2.20. The molecule has 0 radical (unpaired) electrons. The van der Waals surface area contributed by atoms with Gasteiger partial charge in [0.15, 0.2) is 0 Å². The molecule has 1 N–H and O–H groups in total. The Hall–Kier alpha value is -1.24. The molecule has 5 nitrogen and oxygen atoms in total. The smallest absolute Gasteiger partial charge is 0.286 e. The van der Waals surface area contributed by atoms with Crippen molar-refractivity contribution in [1.82, 2.24) is 0 Å². The van der Waals surface area contributed by atoms with E-state index in [-0.39, 0.29) is 5.54 Å². The Labute approximate surface area is 165 Å². The third-order valence-electron chi connectivity index (χ3n) is 4.48. The minimum atomic E-state index is -4.27. The molecule has 1 unspecified atom stereocenters. The zero-order valence-electron chi connectivity index (χ0n) is 17.1. The summed E-state index contributed by atoms with van der Waals surface area (Å²) in [6, 6.07) is 8.45. The van der Waals surface area contributed by atoms with E-state index in [1.165, 1.54) is 36.8 Å². The number of benzene rings is 1. The summed E-state index contributed by atoms with van der Waals surface area (Å²) < 4.78 is 33.5. The Morgan fingerprint density at radius 1 is 1.15 bits per heavy atom. The van der Waals surface area contributed by atoms with Gasteiger partial charge in [0.2, 0.25) is 0 Å². The van der Waals surface area contributed by atoms with Crippen molar-refractivity contribution in [2.75, 3.05) is 0 Å². The molecule has 0 saturated carbocycles. The summed E-state index contributed by atoms with van der Waals surface area (Å²) in [7, 11) is -4.27. The Bertz CT molecular complexity index is 683. The van der Waals surface area contributed by atoms with Gasteiger partial charge in [-0.05, 0) is 44.7 Å². The van der Waals surface area contributed by atoms with E-state index in [1.807, 2.05) is 6.21 Å². The van der Waals surface area contributed by atoms with E-state index in [2.05, 4.69) is 54.2 Å². The van der Waals surface area contributed by atoms with Crippen LogP contribution in [0.1, 0.15) is 83.8 Å². The molecule has 6 heteroatoms. The molecule has 1 aromatic rings. The summed E-state index contributed by atoms with van der Waals surface area (Å²) >= 11 is 0. The molecule has 27 heavy (non-hydrogen) atoms. The van der Waals surface area contributed by atoms with E-state index >= 15 is 0 Å². The molecule has 154 valence electrons. The summed E-state index contributed by atoms with van der Waals surface area (Å²) in [5, 5.41) is 0. The maximum Gasteiger partial charge on any atom is 0.397 e. The van der Waals surface area contributed by atoms with Crippen molar-refractivity contribution in [2.24, 2.45) is 4.99 Å². The minimum Gasteiger partial charge on any atom is -0.286 e. The number of hydrogen-bond acceptors (Lipinski definition) is 4. The number of fused-ring (bicyclic) bond motifs is 1. The standard InChI is InChI=1S/C11H13N.C10H22O4S/c1-11(2)7-9-5-3-4-6-10(9)8-12-11;1-3-4-5-6-7-8-9-10(2)14-15(11,12)13/h3-6,8H,7H2,1-2H3;10H,3-9H2,1-2H3,(H,11,12,13). The monoisotopic (exact) mass is 397 g/mol. The molecule has 0 spiro atoms. The fourth-order valence-electron chi connectivity index (χ4n) is 3.04. The van der Waals surface area contributed by atoms with E-state index in [0.29, 0.717) is 6.42 Å². The van der Waals surface area contributed by atoms with Crippen LogP contribution in [0.15, 0.2) is 29.3 Å². The fraction of sp³-hybridized carbons (Fsp3) is 0.667. The summed E-state index contributed by atoms with van der Waals surface area (Å²) in [6.45, 7) is 8.15. The molecular formula is C21H35NO4S. The van der Waals surface area contributed by atoms with Gasteiger partial charge in [-0.2, -0.15) is 8.42 Å². The van der Waals surface area contributed by atoms with Gasteiger partial charge in [-0.15, -0.1) is 0 Å². The summed E-state index contributed by atoms with van der Waals surface area (Å²) in [6.07, 6.45) is 10.2. The first kappa shape index (κ1) is 23.8. The van der Waals surface area contributed by atoms with Gasteiger partial charge < -0.3 is 0 Å². The molecule has 1 aliphatic heterocycles. The molecule has 1 aliphatic rings. The quantitative estimate of drug-likeness (QED) is 0.448. The van der Waals surface area contributed by atoms with Crippen molar-refractivity contribution >= 4 is 16.6 Å². The number of unbranched alkanes of at least 4 members (excludes halogenated alkanes) is 5. The van der Waals surface area contributed by atoms with Crippen LogP contribution in [-0.4, -0.2) is 30.8 Å². The molecular weight excluding hydrogens is 362 g/mol. The van der Waals surface area contributed by atoms with Gasteiger partial charge in [-0.1, -0.05) is 69.7 Å². The first-order chi connectivity index (χ1) is 12.6. The van der Waals surface area contributed by atoms with Crippen molar-refractivity contribution < 1.29 is 17.2 Å². The summed E-state index contributed by atoms with van der Waals surface area (Å²) in [4.78, 5) is 4.48. The zero-order chi connectivity index (χ0) is 20.3. The predicted molar refractivity (Wildman–Crippen MR) is 112 cm³/mol. The lowest BCUT2D eigenvalue weighted by atomic mass is 9.90. The van der Waals surface area contributed by atoms with Crippen LogP contribution in [-0.2, 0) is 21.0 Å². The van der Waals surface area contributed by atoms with Gasteiger partial charge >= 0.3 is 10.4 Å². The normalized spacial score (nSPS) is 16.2. The van der Waals surface area contributed by atoms with Gasteiger partial charge in [0.25, 0.3) is 0 Å².